The van der Waals surface area contributed by atoms with Crippen molar-refractivity contribution in [2.45, 2.75) is 52.4 Å². The van der Waals surface area contributed by atoms with Gasteiger partial charge in [-0.05, 0) is 217 Å². The van der Waals surface area contributed by atoms with Crippen LogP contribution in [-0.4, -0.2) is 0 Å². The lowest BCUT2D eigenvalue weighted by molar-refractivity contribution is 0.733. The van der Waals surface area contributed by atoms with Gasteiger partial charge in [0.15, 0.2) is 0 Å². The highest BCUT2D eigenvalue weighted by atomic mass is 15.2. The second-order valence-electron chi connectivity index (χ2n) is 26.8. The molecule has 2 atom stereocenters. The quantitative estimate of drug-likeness (QED) is 0.0843. The number of hydrogen-bond donors (Lipinski definition) is 0. The van der Waals surface area contributed by atoms with E-state index in [1.165, 1.54) is 98.3 Å². The Morgan fingerprint density at radius 1 is 0.206 bits per heavy atom. The summed E-state index contributed by atoms with van der Waals surface area (Å²) in [7, 11) is 0. The lowest BCUT2D eigenvalue weighted by atomic mass is 9.90. The zero-order valence-electron chi connectivity index (χ0n) is 58.2. The van der Waals surface area contributed by atoms with Gasteiger partial charge in [-0.1, -0.05) is 276 Å². The fourth-order valence-electron chi connectivity index (χ4n) is 14.9. The first-order valence-corrected chi connectivity index (χ1v) is 35.9. The fourth-order valence-corrected chi connectivity index (χ4v) is 14.9. The van der Waals surface area contributed by atoms with Crippen LogP contribution in [0.1, 0.15) is 63.5 Å². The molecule has 4 heteroatoms. The number of benzene rings is 17. The molecule has 0 heterocycles. The van der Waals surface area contributed by atoms with Gasteiger partial charge in [-0.15, -0.1) is 0 Å². The standard InChI is InChI=1S/C52H42N2.C46H38N2/c1-3-37(2)38-26-29-43(30-27-38)53(46-31-28-39-16-10-11-19-41(39)36-46)44-32-34-45(35-33-44)54(42-20-8-5-9-21-42)52-49-24-14-12-22-47(49)51(40-17-6-4-7-18-40)48-23-13-15-25-50(48)52;1-3-33(2)34-21-24-40(25-22-34)47(43-26-23-35-13-7-8-14-36(35)32-43)41-27-29-42(30-28-41)48(39-17-5-4-6-18-39)46-44-19-11-9-15-37(44)31-38-16-10-12-20-45(38)46/h4-37H,3H2,1-2H3;4-33H,3H2,1-2H3. The van der Waals surface area contributed by atoms with Crippen molar-refractivity contribution in [1.82, 2.24) is 0 Å². The summed E-state index contributed by atoms with van der Waals surface area (Å²) in [5.41, 5.74) is 18.8. The number of hydrogen-bond acceptors (Lipinski definition) is 4. The van der Waals surface area contributed by atoms with E-state index in [2.05, 4.69) is 423 Å². The molecule has 0 saturated carbocycles. The van der Waals surface area contributed by atoms with Gasteiger partial charge in [0.05, 0.1) is 11.4 Å². The molecule has 0 N–H and O–H groups in total. The average molecular weight is 1310 g/mol. The molecule has 0 bridgehead atoms. The van der Waals surface area contributed by atoms with Gasteiger partial charge in [0, 0.05) is 78.4 Å². The predicted octanol–water partition coefficient (Wildman–Crippen LogP) is 28.9. The smallest absolute Gasteiger partial charge is 0.0618 e. The van der Waals surface area contributed by atoms with Gasteiger partial charge in [-0.25, -0.2) is 0 Å². The lowest BCUT2D eigenvalue weighted by Gasteiger charge is -2.31. The number of nitrogens with zero attached hydrogens (tertiary/aromatic N) is 4. The summed E-state index contributed by atoms with van der Waals surface area (Å²) in [6, 6.07) is 137. The molecule has 0 amide bonds. The van der Waals surface area contributed by atoms with Crippen LogP contribution < -0.4 is 19.6 Å². The minimum atomic E-state index is 0.519. The molecule has 4 nitrogen and oxygen atoms in total. The fraction of sp³-hybridized carbons (Fsp3) is 0.0816. The zero-order valence-corrected chi connectivity index (χ0v) is 58.2. The zero-order chi connectivity index (χ0) is 68.9. The minimum Gasteiger partial charge on any atom is -0.310 e. The van der Waals surface area contributed by atoms with Gasteiger partial charge in [-0.3, -0.25) is 0 Å². The number of para-hydroxylation sites is 2. The largest absolute Gasteiger partial charge is 0.310 e. The van der Waals surface area contributed by atoms with E-state index in [4.69, 9.17) is 0 Å². The molecule has 0 spiro atoms. The molecule has 17 rings (SSSR count). The Morgan fingerprint density at radius 2 is 0.471 bits per heavy atom. The third-order valence-corrected chi connectivity index (χ3v) is 20.6. The Hall–Kier alpha value is -12.5. The predicted molar refractivity (Wildman–Crippen MR) is 440 cm³/mol. The van der Waals surface area contributed by atoms with Crippen LogP contribution >= 0.6 is 0 Å². The summed E-state index contributed by atoms with van der Waals surface area (Å²) in [5.74, 6) is 1.05. The highest BCUT2D eigenvalue weighted by molar-refractivity contribution is 6.22. The molecule has 0 saturated heterocycles. The number of anilines is 12. The van der Waals surface area contributed by atoms with E-state index in [9.17, 15) is 0 Å². The summed E-state index contributed by atoms with van der Waals surface area (Å²) in [6.07, 6.45) is 2.24. The van der Waals surface area contributed by atoms with Crippen molar-refractivity contribution in [2.75, 3.05) is 19.6 Å². The van der Waals surface area contributed by atoms with Crippen LogP contribution in [0, 0.1) is 0 Å². The van der Waals surface area contributed by atoms with Gasteiger partial charge >= 0.3 is 0 Å². The Kier molecular flexibility index (Phi) is 18.1. The van der Waals surface area contributed by atoms with Gasteiger partial charge < -0.3 is 19.6 Å². The van der Waals surface area contributed by atoms with Crippen molar-refractivity contribution in [3.63, 3.8) is 0 Å². The Labute approximate surface area is 599 Å². The van der Waals surface area contributed by atoms with Crippen LogP contribution in [0.4, 0.5) is 68.2 Å². The van der Waals surface area contributed by atoms with E-state index < -0.39 is 0 Å². The molecular weight excluding hydrogens is 1230 g/mol. The van der Waals surface area contributed by atoms with Gasteiger partial charge in [-0.2, -0.15) is 0 Å². The van der Waals surface area contributed by atoms with Crippen molar-refractivity contribution in [2.24, 2.45) is 0 Å². The normalized spacial score (nSPS) is 11.9. The van der Waals surface area contributed by atoms with Crippen LogP contribution in [0.2, 0.25) is 0 Å². The summed E-state index contributed by atoms with van der Waals surface area (Å²) >= 11 is 0. The highest BCUT2D eigenvalue weighted by Crippen LogP contribution is 2.50. The third kappa shape index (κ3) is 12.6. The molecular formula is C98H80N4. The minimum absolute atomic E-state index is 0.519. The second kappa shape index (κ2) is 28.8. The van der Waals surface area contributed by atoms with Gasteiger partial charge in [0.2, 0.25) is 0 Å². The maximum atomic E-state index is 2.44. The summed E-state index contributed by atoms with van der Waals surface area (Å²) in [5, 5.41) is 14.7. The average Bonchev–Trinajstić information content (AvgIpc) is 0.733. The van der Waals surface area contributed by atoms with Crippen molar-refractivity contribution in [3.05, 3.63) is 387 Å². The van der Waals surface area contributed by atoms with E-state index in [1.54, 1.807) is 0 Å². The maximum Gasteiger partial charge on any atom is 0.0618 e. The van der Waals surface area contributed by atoms with Crippen LogP contribution in [0.25, 0.3) is 75.8 Å². The van der Waals surface area contributed by atoms with E-state index in [-0.39, 0.29) is 0 Å². The van der Waals surface area contributed by atoms with Gasteiger partial charge in [0.1, 0.15) is 0 Å². The van der Waals surface area contributed by atoms with E-state index >= 15 is 0 Å². The molecule has 102 heavy (non-hydrogen) atoms. The topological polar surface area (TPSA) is 13.0 Å². The first kappa shape index (κ1) is 64.2. The monoisotopic (exact) mass is 1310 g/mol. The van der Waals surface area contributed by atoms with E-state index in [1.807, 2.05) is 0 Å². The summed E-state index contributed by atoms with van der Waals surface area (Å²) in [4.78, 5) is 9.60. The first-order chi connectivity index (χ1) is 50.3. The highest BCUT2D eigenvalue weighted by Gasteiger charge is 2.25. The molecule has 0 fully saturated rings. The molecule has 17 aromatic rings. The molecule has 17 aromatic carbocycles. The van der Waals surface area contributed by atoms with E-state index in [0.29, 0.717) is 11.8 Å². The first-order valence-electron chi connectivity index (χ1n) is 35.9. The second-order valence-corrected chi connectivity index (χ2v) is 26.8. The molecule has 0 aliphatic rings. The van der Waals surface area contributed by atoms with Crippen LogP contribution in [-0.2, 0) is 0 Å². The Balaban J connectivity index is 0.000000159. The number of rotatable bonds is 17. The van der Waals surface area contributed by atoms with Crippen molar-refractivity contribution in [3.8, 4) is 11.1 Å². The molecule has 2 unspecified atom stereocenters. The number of fused-ring (bicyclic) bond motifs is 6. The molecule has 0 radical (unpaired) electrons. The van der Waals surface area contributed by atoms with Crippen LogP contribution in [0.15, 0.2) is 376 Å². The van der Waals surface area contributed by atoms with E-state index in [0.717, 1.165) is 69.7 Å². The molecule has 0 aliphatic heterocycles. The van der Waals surface area contributed by atoms with Gasteiger partial charge in [0.25, 0.3) is 0 Å². The molecule has 492 valence electrons. The lowest BCUT2D eigenvalue weighted by Crippen LogP contribution is -2.13. The van der Waals surface area contributed by atoms with Crippen molar-refractivity contribution in [1.29, 1.82) is 0 Å². The Bertz CT molecular complexity index is 5650. The van der Waals surface area contributed by atoms with Crippen LogP contribution in [0.5, 0.6) is 0 Å². The SMILES string of the molecule is CCC(C)c1ccc(N(c2ccc(N(c3ccccc3)c3c4ccccc4c(-c4ccccc4)c4ccccc34)cc2)c2ccc3ccccc3c2)cc1.CCC(C)c1ccc(N(c2ccc(N(c3ccccc3)c3c4ccccc4cc4ccccc34)cc2)c2ccc3ccccc3c2)cc1. The molecule has 0 aliphatic carbocycles. The van der Waals surface area contributed by atoms with Crippen molar-refractivity contribution < 1.29 is 0 Å². The molecule has 0 aromatic heterocycles. The summed E-state index contributed by atoms with van der Waals surface area (Å²) < 4.78 is 0. The Morgan fingerprint density at radius 3 is 0.843 bits per heavy atom. The maximum absolute atomic E-state index is 2.44. The third-order valence-electron chi connectivity index (χ3n) is 20.6. The summed E-state index contributed by atoms with van der Waals surface area (Å²) in [6.45, 7) is 9.10. The van der Waals surface area contributed by atoms with Crippen molar-refractivity contribution >= 4 is 133 Å². The van der Waals surface area contributed by atoms with Crippen LogP contribution in [0.3, 0.4) is 0 Å².